The zero-order valence-corrected chi connectivity index (χ0v) is 16.0. The van der Waals surface area contributed by atoms with Crippen LogP contribution in [0.5, 0.6) is 5.75 Å². The molecular weight excluding hydrogens is 348 g/mol. The van der Waals surface area contributed by atoms with E-state index in [0.29, 0.717) is 51.2 Å². The highest BCUT2D eigenvalue weighted by molar-refractivity contribution is 5.94. The highest BCUT2D eigenvalue weighted by Gasteiger charge is 2.18. The van der Waals surface area contributed by atoms with Crippen LogP contribution in [0.4, 0.5) is 0 Å². The lowest BCUT2D eigenvalue weighted by atomic mass is 10.1. The predicted octanol–water partition coefficient (Wildman–Crippen LogP) is 0.975. The number of amides is 3. The van der Waals surface area contributed by atoms with Crippen LogP contribution in [0.1, 0.15) is 43.6 Å². The Morgan fingerprint density at radius 3 is 2.74 bits per heavy atom. The molecule has 0 bridgehead atoms. The fourth-order valence-corrected chi connectivity index (χ4v) is 2.80. The topological polar surface area (TPSA) is 101 Å². The van der Waals surface area contributed by atoms with Crippen molar-refractivity contribution < 1.29 is 19.1 Å². The molecular formula is C19H28N4O4. The van der Waals surface area contributed by atoms with Crippen molar-refractivity contribution in [2.45, 2.75) is 33.1 Å². The number of carbonyl (C=O) groups excluding carboxylic acids is 3. The first-order valence-corrected chi connectivity index (χ1v) is 9.40. The van der Waals surface area contributed by atoms with Gasteiger partial charge in [-0.1, -0.05) is 13.8 Å². The maximum Gasteiger partial charge on any atom is 0.273 e. The van der Waals surface area contributed by atoms with Gasteiger partial charge in [0.25, 0.3) is 5.91 Å². The molecule has 8 nitrogen and oxygen atoms in total. The number of hydrogen-bond acceptors (Lipinski definition) is 5. The summed E-state index contributed by atoms with van der Waals surface area (Å²) in [7, 11) is 0. The van der Waals surface area contributed by atoms with Crippen molar-refractivity contribution in [3.63, 3.8) is 0 Å². The van der Waals surface area contributed by atoms with Crippen LogP contribution in [0.2, 0.25) is 0 Å². The molecule has 0 unspecified atom stereocenters. The highest BCUT2D eigenvalue weighted by Crippen LogP contribution is 2.15. The van der Waals surface area contributed by atoms with Crippen molar-refractivity contribution in [3.8, 4) is 5.75 Å². The number of hydrogen-bond donors (Lipinski definition) is 2. The fraction of sp³-hybridized carbons (Fsp3) is 0.579. The number of rotatable bonds is 1. The van der Waals surface area contributed by atoms with Gasteiger partial charge in [-0.2, -0.15) is 0 Å². The second-order valence-electron chi connectivity index (χ2n) is 6.74. The van der Waals surface area contributed by atoms with Crippen molar-refractivity contribution in [3.05, 3.63) is 24.0 Å². The predicted molar refractivity (Wildman–Crippen MR) is 100 cm³/mol. The Labute approximate surface area is 159 Å². The van der Waals surface area contributed by atoms with Crippen LogP contribution in [0, 0.1) is 5.92 Å². The number of nitrogens with one attached hydrogen (secondary N) is 2. The molecule has 0 fully saturated rings. The zero-order chi connectivity index (χ0) is 19.6. The van der Waals surface area contributed by atoms with Crippen molar-refractivity contribution in [2.75, 3.05) is 32.8 Å². The second kappa shape index (κ2) is 10.5. The summed E-state index contributed by atoms with van der Waals surface area (Å²) in [5, 5.41) is 5.61. The van der Waals surface area contributed by atoms with E-state index in [1.165, 1.54) is 6.20 Å². The van der Waals surface area contributed by atoms with Gasteiger partial charge in [0, 0.05) is 38.2 Å². The molecule has 1 aromatic rings. The van der Waals surface area contributed by atoms with Gasteiger partial charge in [0.05, 0.1) is 6.54 Å². The smallest absolute Gasteiger partial charge is 0.273 e. The molecule has 1 aromatic heterocycles. The standard InChI is InChI=1S/C19H28N4O4/c1-14(2)19(26)23-11-4-7-16(24)20-10-13-27-15-6-3-8-21-17(15)18(25)22-9-5-12-23/h3,6,8,14H,4-5,7,9-13H2,1-2H3,(H,20,24)(H,22,25). The van der Waals surface area contributed by atoms with Crippen molar-refractivity contribution in [2.24, 2.45) is 5.92 Å². The van der Waals surface area contributed by atoms with Gasteiger partial charge in [0.2, 0.25) is 11.8 Å². The second-order valence-corrected chi connectivity index (χ2v) is 6.74. The molecule has 0 aromatic carbocycles. The molecule has 0 spiro atoms. The quantitative estimate of drug-likeness (QED) is 0.761. The fourth-order valence-electron chi connectivity index (χ4n) is 2.80. The molecule has 0 atom stereocenters. The van der Waals surface area contributed by atoms with Gasteiger partial charge in [0.15, 0.2) is 11.4 Å². The normalized spacial score (nSPS) is 17.5. The average molecular weight is 376 g/mol. The van der Waals surface area contributed by atoms with Crippen LogP contribution in [0.3, 0.4) is 0 Å². The molecule has 27 heavy (non-hydrogen) atoms. The van der Waals surface area contributed by atoms with Crippen LogP contribution in [0.15, 0.2) is 18.3 Å². The molecule has 0 saturated carbocycles. The van der Waals surface area contributed by atoms with E-state index in [1.54, 1.807) is 17.0 Å². The number of fused-ring (bicyclic) bond motifs is 1. The third-order valence-corrected chi connectivity index (χ3v) is 4.20. The molecule has 2 rings (SSSR count). The Morgan fingerprint density at radius 1 is 1.19 bits per heavy atom. The molecule has 2 heterocycles. The van der Waals surface area contributed by atoms with Crippen LogP contribution >= 0.6 is 0 Å². The summed E-state index contributed by atoms with van der Waals surface area (Å²) in [6.07, 6.45) is 3.12. The zero-order valence-electron chi connectivity index (χ0n) is 16.0. The Hall–Kier alpha value is -2.64. The maximum atomic E-state index is 12.4. The third-order valence-electron chi connectivity index (χ3n) is 4.20. The van der Waals surface area contributed by atoms with Gasteiger partial charge in [-0.15, -0.1) is 0 Å². The van der Waals surface area contributed by atoms with Crippen molar-refractivity contribution >= 4 is 17.7 Å². The lowest BCUT2D eigenvalue weighted by Crippen LogP contribution is -2.38. The van der Waals surface area contributed by atoms with E-state index in [4.69, 9.17) is 4.74 Å². The van der Waals surface area contributed by atoms with Crippen LogP contribution in [-0.4, -0.2) is 60.4 Å². The SMILES string of the molecule is CC(C)C(=O)N1CCCNC(=O)c2ncccc2OCCNC(=O)CCC1. The Balaban J connectivity index is 2.06. The minimum absolute atomic E-state index is 0.0586. The number of nitrogens with zero attached hydrogens (tertiary/aromatic N) is 2. The van der Waals surface area contributed by atoms with Gasteiger partial charge < -0.3 is 20.3 Å². The number of ether oxygens (including phenoxy) is 1. The average Bonchev–Trinajstić information content (AvgIpc) is 2.65. The lowest BCUT2D eigenvalue weighted by Gasteiger charge is -2.25. The first-order chi connectivity index (χ1) is 13.0. The number of aromatic nitrogens is 1. The first kappa shape index (κ1) is 20.7. The highest BCUT2D eigenvalue weighted by atomic mass is 16.5. The molecule has 8 heteroatoms. The monoisotopic (exact) mass is 376 g/mol. The molecule has 1 aliphatic heterocycles. The summed E-state index contributed by atoms with van der Waals surface area (Å²) in [5.74, 6) is -0.0567. The van der Waals surface area contributed by atoms with Crippen LogP contribution < -0.4 is 15.4 Å². The van der Waals surface area contributed by atoms with Gasteiger partial charge >= 0.3 is 0 Å². The summed E-state index contributed by atoms with van der Waals surface area (Å²) >= 11 is 0. The van der Waals surface area contributed by atoms with Crippen molar-refractivity contribution in [1.82, 2.24) is 20.5 Å². The third kappa shape index (κ3) is 6.54. The Kier molecular flexibility index (Phi) is 8.03. The summed E-state index contributed by atoms with van der Waals surface area (Å²) < 4.78 is 5.59. The van der Waals surface area contributed by atoms with E-state index < -0.39 is 0 Å². The molecule has 1 aliphatic rings. The van der Waals surface area contributed by atoms with E-state index in [9.17, 15) is 14.4 Å². The Bertz CT molecular complexity index is 663. The van der Waals surface area contributed by atoms with E-state index in [1.807, 2.05) is 13.8 Å². The molecule has 2 N–H and O–H groups in total. The van der Waals surface area contributed by atoms with E-state index in [-0.39, 0.29) is 35.9 Å². The van der Waals surface area contributed by atoms with Crippen LogP contribution in [0.25, 0.3) is 0 Å². The molecule has 3 amide bonds. The van der Waals surface area contributed by atoms with E-state index >= 15 is 0 Å². The van der Waals surface area contributed by atoms with Crippen LogP contribution in [-0.2, 0) is 9.59 Å². The largest absolute Gasteiger partial charge is 0.489 e. The lowest BCUT2D eigenvalue weighted by molar-refractivity contribution is -0.135. The molecule has 0 radical (unpaired) electrons. The van der Waals surface area contributed by atoms with Gasteiger partial charge in [-0.05, 0) is 25.0 Å². The summed E-state index contributed by atoms with van der Waals surface area (Å²) in [6.45, 7) is 5.79. The van der Waals surface area contributed by atoms with Gasteiger partial charge in [-0.25, -0.2) is 4.98 Å². The van der Waals surface area contributed by atoms with Gasteiger partial charge in [-0.3, -0.25) is 14.4 Å². The number of carbonyl (C=O) groups is 3. The first-order valence-electron chi connectivity index (χ1n) is 9.40. The Morgan fingerprint density at radius 2 is 1.96 bits per heavy atom. The van der Waals surface area contributed by atoms with Crippen molar-refractivity contribution in [1.29, 1.82) is 0 Å². The van der Waals surface area contributed by atoms with Gasteiger partial charge in [0.1, 0.15) is 6.61 Å². The summed E-state index contributed by atoms with van der Waals surface area (Å²) in [6, 6.07) is 3.37. The molecule has 148 valence electrons. The van der Waals surface area contributed by atoms with E-state index in [0.717, 1.165) is 0 Å². The summed E-state index contributed by atoms with van der Waals surface area (Å²) in [4.78, 5) is 42.5. The number of pyridine rings is 1. The summed E-state index contributed by atoms with van der Waals surface area (Å²) in [5.41, 5.74) is 0.214. The van der Waals surface area contributed by atoms with E-state index in [2.05, 4.69) is 15.6 Å². The molecule has 0 saturated heterocycles. The molecule has 0 aliphatic carbocycles. The minimum atomic E-state index is -0.316. The maximum absolute atomic E-state index is 12.4. The minimum Gasteiger partial charge on any atom is -0.489 e.